The number of hydrogen-bond acceptors (Lipinski definition) is 9. The first-order valence-electron chi connectivity index (χ1n) is 25.1. The lowest BCUT2D eigenvalue weighted by Gasteiger charge is -2.18. The molecule has 9 nitrogen and oxygen atoms in total. The van der Waals surface area contributed by atoms with Gasteiger partial charge in [0.1, 0.15) is 34.5 Å². The molecule has 0 fully saturated rings. The second-order valence-corrected chi connectivity index (χ2v) is 17.9. The molecule has 0 saturated heterocycles. The number of aromatic hydroxyl groups is 3. The van der Waals surface area contributed by atoms with E-state index in [9.17, 15) is 15.3 Å². The Morgan fingerprint density at radius 3 is 0.841 bits per heavy atom. The van der Waals surface area contributed by atoms with Crippen molar-refractivity contribution in [1.29, 1.82) is 0 Å². The highest BCUT2D eigenvalue weighted by Gasteiger charge is 2.24. The normalized spacial score (nSPS) is 11.2. The van der Waals surface area contributed by atoms with Gasteiger partial charge in [-0.05, 0) is 93.1 Å². The van der Waals surface area contributed by atoms with Crippen LogP contribution in [0.3, 0.4) is 0 Å². The summed E-state index contributed by atoms with van der Waals surface area (Å²) in [6.07, 6.45) is 13.1. The highest BCUT2D eigenvalue weighted by molar-refractivity contribution is 5.90. The third-order valence-corrected chi connectivity index (χ3v) is 12.9. The zero-order valence-electron chi connectivity index (χ0n) is 41.4. The largest absolute Gasteiger partial charge is 0.507 e. The predicted octanol–water partition coefficient (Wildman–Crippen LogP) is 15.8. The predicted molar refractivity (Wildman–Crippen MR) is 281 cm³/mol. The minimum Gasteiger partial charge on any atom is -0.507 e. The molecule has 3 N–H and O–H groups in total. The lowest BCUT2D eigenvalue weighted by atomic mass is 9.94. The first kappa shape index (κ1) is 50.0. The zero-order chi connectivity index (χ0) is 48.7. The quantitative estimate of drug-likeness (QED) is 0.0508. The van der Waals surface area contributed by atoms with E-state index in [0.29, 0.717) is 105 Å². The van der Waals surface area contributed by atoms with E-state index in [0.717, 1.165) is 93.7 Å². The fourth-order valence-corrected chi connectivity index (χ4v) is 8.78. The lowest BCUT2D eigenvalue weighted by Crippen LogP contribution is -2.03. The molecular weight excluding hydrogens is 859 g/mol. The molecule has 1 aromatic heterocycles. The van der Waals surface area contributed by atoms with Gasteiger partial charge >= 0.3 is 0 Å². The number of aromatic nitrogens is 3. The third-order valence-electron chi connectivity index (χ3n) is 12.9. The van der Waals surface area contributed by atoms with Crippen LogP contribution < -0.4 is 14.2 Å². The van der Waals surface area contributed by atoms with Crippen molar-refractivity contribution in [3.63, 3.8) is 0 Å². The summed E-state index contributed by atoms with van der Waals surface area (Å²) >= 11 is 0. The first-order chi connectivity index (χ1) is 33.7. The van der Waals surface area contributed by atoms with Crippen LogP contribution in [0.4, 0.5) is 0 Å². The minimum absolute atomic E-state index is 0.122. The van der Waals surface area contributed by atoms with Crippen molar-refractivity contribution in [3.05, 3.63) is 126 Å². The Bertz CT molecular complexity index is 2510. The Morgan fingerprint density at radius 1 is 0.319 bits per heavy atom. The molecule has 0 amide bonds. The van der Waals surface area contributed by atoms with Crippen molar-refractivity contribution >= 4 is 0 Å². The number of unbranched alkanes of at least 4 members (excludes halogenated alkanes) is 9. The molecule has 1 heterocycles. The maximum atomic E-state index is 11.8. The molecule has 0 aliphatic rings. The molecular formula is C60H69N3O6. The molecule has 6 aromatic carbocycles. The SMILES string of the molecule is CCCCCCOc1ccc(-c2ccccc2-c2nc(-c3ccccc3-c3ccc(OCCCCCC)c(C)c3O)nc(-c3ccccc3-c3ccc(OCCCCCC)c(C)c3O)n2)c(O)c1C. The Balaban J connectivity index is 1.36. The van der Waals surface area contributed by atoms with Crippen LogP contribution in [-0.4, -0.2) is 50.1 Å². The summed E-state index contributed by atoms with van der Waals surface area (Å²) in [4.78, 5) is 15.7. The van der Waals surface area contributed by atoms with E-state index in [1.54, 1.807) is 0 Å². The Hall–Kier alpha value is -6.87. The number of benzene rings is 6. The van der Waals surface area contributed by atoms with Crippen molar-refractivity contribution in [2.24, 2.45) is 0 Å². The molecule has 360 valence electrons. The van der Waals surface area contributed by atoms with Crippen molar-refractivity contribution in [1.82, 2.24) is 15.0 Å². The number of hydrogen-bond donors (Lipinski definition) is 3. The highest BCUT2D eigenvalue weighted by atomic mass is 16.5. The molecule has 9 heteroatoms. The third kappa shape index (κ3) is 11.9. The van der Waals surface area contributed by atoms with Crippen LogP contribution in [0.1, 0.15) is 115 Å². The van der Waals surface area contributed by atoms with Gasteiger partial charge in [0, 0.05) is 50.1 Å². The van der Waals surface area contributed by atoms with Gasteiger partial charge in [-0.3, -0.25) is 0 Å². The van der Waals surface area contributed by atoms with Gasteiger partial charge in [0.15, 0.2) is 17.5 Å². The van der Waals surface area contributed by atoms with Crippen LogP contribution in [0.2, 0.25) is 0 Å². The Labute approximate surface area is 409 Å². The topological polar surface area (TPSA) is 127 Å². The molecule has 0 spiro atoms. The van der Waals surface area contributed by atoms with Crippen LogP contribution in [0.5, 0.6) is 34.5 Å². The second-order valence-electron chi connectivity index (χ2n) is 17.9. The summed E-state index contributed by atoms with van der Waals surface area (Å²) in [5, 5.41) is 35.5. The molecule has 0 saturated carbocycles. The number of rotatable bonds is 24. The van der Waals surface area contributed by atoms with Gasteiger partial charge in [0.25, 0.3) is 0 Å². The molecule has 0 unspecified atom stereocenters. The van der Waals surface area contributed by atoms with Gasteiger partial charge in [-0.1, -0.05) is 151 Å². The maximum Gasteiger partial charge on any atom is 0.164 e. The standard InChI is InChI=1S/C60H69N3O6/c1-7-10-13-22-37-67-52-34-31-46(55(64)40(52)4)43-25-16-19-28-49(43)58-61-59(50-29-20-17-26-44(50)47-32-35-53(41(5)56(47)65)68-38-23-14-11-8-2)63-60(62-58)51-30-21-18-27-45(51)48-33-36-54(42(6)57(48)66)69-39-24-15-12-9-3/h16-21,25-36,64-66H,7-15,22-24,37-39H2,1-6H3. The van der Waals surface area contributed by atoms with Crippen LogP contribution in [0.15, 0.2) is 109 Å². The monoisotopic (exact) mass is 928 g/mol. The minimum atomic E-state index is 0.122. The molecule has 69 heavy (non-hydrogen) atoms. The van der Waals surface area contributed by atoms with Crippen molar-refractivity contribution in [3.8, 4) is 102 Å². The molecule has 0 aliphatic heterocycles. The van der Waals surface area contributed by atoms with Crippen molar-refractivity contribution in [2.75, 3.05) is 19.8 Å². The summed E-state index contributed by atoms with van der Waals surface area (Å²) < 4.78 is 18.5. The summed E-state index contributed by atoms with van der Waals surface area (Å²) in [5.41, 5.74) is 8.05. The highest BCUT2D eigenvalue weighted by Crippen LogP contribution is 2.45. The van der Waals surface area contributed by atoms with E-state index >= 15 is 0 Å². The van der Waals surface area contributed by atoms with Crippen LogP contribution in [-0.2, 0) is 0 Å². The van der Waals surface area contributed by atoms with Gasteiger partial charge in [-0.25, -0.2) is 15.0 Å². The van der Waals surface area contributed by atoms with Crippen LogP contribution in [0.25, 0.3) is 67.5 Å². The summed E-state index contributed by atoms with van der Waals surface area (Å²) in [7, 11) is 0. The van der Waals surface area contributed by atoms with E-state index in [4.69, 9.17) is 29.2 Å². The fourth-order valence-electron chi connectivity index (χ4n) is 8.78. The molecule has 0 aliphatic carbocycles. The van der Waals surface area contributed by atoms with E-state index in [1.807, 2.05) is 130 Å². The van der Waals surface area contributed by atoms with Crippen LogP contribution >= 0.6 is 0 Å². The summed E-state index contributed by atoms with van der Waals surface area (Å²) in [6.45, 7) is 13.9. The number of nitrogens with zero attached hydrogens (tertiary/aromatic N) is 3. The molecule has 7 rings (SSSR count). The fraction of sp³-hybridized carbons (Fsp3) is 0.350. The van der Waals surface area contributed by atoms with Gasteiger partial charge < -0.3 is 29.5 Å². The number of phenols is 3. The molecule has 0 atom stereocenters. The molecule has 0 bridgehead atoms. The Kier molecular flexibility index (Phi) is 17.7. The molecule has 0 radical (unpaired) electrons. The van der Waals surface area contributed by atoms with E-state index in [-0.39, 0.29) is 17.2 Å². The van der Waals surface area contributed by atoms with E-state index in [1.165, 1.54) is 0 Å². The van der Waals surface area contributed by atoms with Crippen LogP contribution in [0, 0.1) is 20.8 Å². The number of phenolic OH excluding ortho intramolecular Hbond substituents is 3. The first-order valence-corrected chi connectivity index (χ1v) is 25.1. The van der Waals surface area contributed by atoms with E-state index < -0.39 is 0 Å². The zero-order valence-corrected chi connectivity index (χ0v) is 41.4. The van der Waals surface area contributed by atoms with Crippen molar-refractivity contribution < 1.29 is 29.5 Å². The number of ether oxygens (including phenoxy) is 3. The Morgan fingerprint density at radius 2 is 0.580 bits per heavy atom. The second kappa shape index (κ2) is 24.4. The van der Waals surface area contributed by atoms with Gasteiger partial charge in [-0.15, -0.1) is 0 Å². The van der Waals surface area contributed by atoms with Gasteiger partial charge in [0.05, 0.1) is 19.8 Å². The molecule has 7 aromatic rings. The maximum absolute atomic E-state index is 11.8. The van der Waals surface area contributed by atoms with Crippen molar-refractivity contribution in [2.45, 2.75) is 119 Å². The average Bonchev–Trinajstić information content (AvgIpc) is 3.37. The summed E-state index contributed by atoms with van der Waals surface area (Å²) in [5.74, 6) is 3.45. The van der Waals surface area contributed by atoms with Gasteiger partial charge in [0.2, 0.25) is 0 Å². The average molecular weight is 928 g/mol. The van der Waals surface area contributed by atoms with Gasteiger partial charge in [-0.2, -0.15) is 0 Å². The smallest absolute Gasteiger partial charge is 0.164 e. The lowest BCUT2D eigenvalue weighted by molar-refractivity contribution is 0.301. The van der Waals surface area contributed by atoms with E-state index in [2.05, 4.69) is 20.8 Å². The summed E-state index contributed by atoms with van der Waals surface area (Å²) in [6, 6.07) is 34.8.